The molecule has 0 aromatic heterocycles. The molecule has 0 aliphatic carbocycles. The van der Waals surface area contributed by atoms with Crippen LogP contribution in [0.5, 0.6) is 0 Å². The standard InChI is InChI=1S/C17H20N2O2/c1-11-9-12(2)15(14(10-11)19-17(20)21-3)16(18)13-7-5-4-6-8-13/h4-10,16H,18H2,1-3H3,(H,19,20). The largest absolute Gasteiger partial charge is 0.453 e. The molecule has 0 saturated carbocycles. The summed E-state index contributed by atoms with van der Waals surface area (Å²) in [5, 5.41) is 2.75. The Morgan fingerprint density at radius 2 is 1.86 bits per heavy atom. The third kappa shape index (κ3) is 3.41. The fraction of sp³-hybridized carbons (Fsp3) is 0.235. The molecule has 1 atom stereocenters. The minimum atomic E-state index is -0.499. The third-order valence-electron chi connectivity index (χ3n) is 3.42. The number of benzene rings is 2. The van der Waals surface area contributed by atoms with Gasteiger partial charge in [0, 0.05) is 5.69 Å². The molecule has 4 nitrogen and oxygen atoms in total. The zero-order valence-corrected chi connectivity index (χ0v) is 12.5. The number of carbonyl (C=O) groups excluding carboxylic acids is 1. The van der Waals surface area contributed by atoms with Gasteiger partial charge in [0.1, 0.15) is 0 Å². The Hall–Kier alpha value is -2.33. The number of aryl methyl sites for hydroxylation is 2. The summed E-state index contributed by atoms with van der Waals surface area (Å²) in [6.45, 7) is 3.97. The maximum atomic E-state index is 11.5. The summed E-state index contributed by atoms with van der Waals surface area (Å²) in [7, 11) is 1.34. The number of hydrogen-bond donors (Lipinski definition) is 2. The van der Waals surface area contributed by atoms with Crippen LogP contribution in [0.25, 0.3) is 0 Å². The smallest absolute Gasteiger partial charge is 0.411 e. The summed E-state index contributed by atoms with van der Waals surface area (Å²) < 4.78 is 4.68. The molecule has 4 heteroatoms. The third-order valence-corrected chi connectivity index (χ3v) is 3.42. The molecular weight excluding hydrogens is 264 g/mol. The van der Waals surface area contributed by atoms with E-state index >= 15 is 0 Å². The minimum absolute atomic E-state index is 0.307. The molecule has 0 spiro atoms. The second kappa shape index (κ2) is 6.41. The second-order valence-corrected chi connectivity index (χ2v) is 5.05. The predicted molar refractivity (Wildman–Crippen MR) is 84.4 cm³/mol. The lowest BCUT2D eigenvalue weighted by molar-refractivity contribution is 0.187. The van der Waals surface area contributed by atoms with Gasteiger partial charge >= 0.3 is 6.09 Å². The molecule has 0 aliphatic heterocycles. The summed E-state index contributed by atoms with van der Waals surface area (Å²) in [4.78, 5) is 11.5. The lowest BCUT2D eigenvalue weighted by Crippen LogP contribution is -2.19. The second-order valence-electron chi connectivity index (χ2n) is 5.05. The first-order valence-electron chi connectivity index (χ1n) is 6.79. The van der Waals surface area contributed by atoms with Crippen molar-refractivity contribution in [3.63, 3.8) is 0 Å². The topological polar surface area (TPSA) is 64.3 Å². The van der Waals surface area contributed by atoms with Crippen LogP contribution in [0.15, 0.2) is 42.5 Å². The Balaban J connectivity index is 2.48. The summed E-state index contributed by atoms with van der Waals surface area (Å²) in [5.41, 5.74) is 11.1. The Morgan fingerprint density at radius 3 is 2.48 bits per heavy atom. The lowest BCUT2D eigenvalue weighted by Gasteiger charge is -2.20. The van der Waals surface area contributed by atoms with Crippen molar-refractivity contribution < 1.29 is 9.53 Å². The van der Waals surface area contributed by atoms with Crippen molar-refractivity contribution in [3.8, 4) is 0 Å². The van der Waals surface area contributed by atoms with Gasteiger partial charge < -0.3 is 10.5 Å². The first-order valence-corrected chi connectivity index (χ1v) is 6.79. The van der Waals surface area contributed by atoms with E-state index in [1.54, 1.807) is 0 Å². The van der Waals surface area contributed by atoms with Crippen LogP contribution < -0.4 is 11.1 Å². The molecule has 110 valence electrons. The summed E-state index contributed by atoms with van der Waals surface area (Å²) in [6.07, 6.45) is -0.499. The molecule has 0 saturated heterocycles. The number of anilines is 1. The molecular formula is C17H20N2O2. The van der Waals surface area contributed by atoms with E-state index in [0.717, 1.165) is 22.3 Å². The van der Waals surface area contributed by atoms with Gasteiger partial charge in [-0.05, 0) is 42.2 Å². The van der Waals surface area contributed by atoms with Gasteiger partial charge in [0.25, 0.3) is 0 Å². The van der Waals surface area contributed by atoms with Gasteiger partial charge in [-0.25, -0.2) is 4.79 Å². The van der Waals surface area contributed by atoms with E-state index in [9.17, 15) is 4.79 Å². The molecule has 2 aromatic carbocycles. The summed E-state index contributed by atoms with van der Waals surface area (Å²) in [6, 6.07) is 13.5. The van der Waals surface area contributed by atoms with Crippen LogP contribution in [-0.4, -0.2) is 13.2 Å². The average molecular weight is 284 g/mol. The Kier molecular flexibility index (Phi) is 4.60. The highest BCUT2D eigenvalue weighted by Gasteiger charge is 2.18. The van der Waals surface area contributed by atoms with E-state index in [2.05, 4.69) is 16.1 Å². The molecule has 0 radical (unpaired) electrons. The molecule has 0 fully saturated rings. The zero-order valence-electron chi connectivity index (χ0n) is 12.5. The van der Waals surface area contributed by atoms with Crippen molar-refractivity contribution in [2.24, 2.45) is 5.73 Å². The highest BCUT2D eigenvalue weighted by molar-refractivity contribution is 5.86. The highest BCUT2D eigenvalue weighted by Crippen LogP contribution is 2.31. The van der Waals surface area contributed by atoms with E-state index in [4.69, 9.17) is 5.73 Å². The minimum Gasteiger partial charge on any atom is -0.453 e. The van der Waals surface area contributed by atoms with Crippen molar-refractivity contribution >= 4 is 11.8 Å². The molecule has 2 aromatic rings. The van der Waals surface area contributed by atoms with Gasteiger partial charge in [-0.15, -0.1) is 0 Å². The molecule has 21 heavy (non-hydrogen) atoms. The number of methoxy groups -OCH3 is 1. The fourth-order valence-corrected chi connectivity index (χ4v) is 2.48. The van der Waals surface area contributed by atoms with Crippen LogP contribution in [0, 0.1) is 13.8 Å². The number of hydrogen-bond acceptors (Lipinski definition) is 3. The van der Waals surface area contributed by atoms with Crippen molar-refractivity contribution in [1.29, 1.82) is 0 Å². The number of ether oxygens (including phenoxy) is 1. The lowest BCUT2D eigenvalue weighted by atomic mass is 9.92. The molecule has 2 rings (SSSR count). The van der Waals surface area contributed by atoms with E-state index in [-0.39, 0.29) is 6.04 Å². The van der Waals surface area contributed by atoms with Crippen molar-refractivity contribution in [1.82, 2.24) is 0 Å². The Labute approximate surface area is 124 Å². The van der Waals surface area contributed by atoms with E-state index < -0.39 is 6.09 Å². The molecule has 0 heterocycles. The van der Waals surface area contributed by atoms with Gasteiger partial charge in [0.05, 0.1) is 13.2 Å². The Morgan fingerprint density at radius 1 is 1.19 bits per heavy atom. The van der Waals surface area contributed by atoms with Gasteiger partial charge in [-0.3, -0.25) is 5.32 Å². The maximum Gasteiger partial charge on any atom is 0.411 e. The first-order chi connectivity index (χ1) is 10.0. The SMILES string of the molecule is COC(=O)Nc1cc(C)cc(C)c1C(N)c1ccccc1. The highest BCUT2D eigenvalue weighted by atomic mass is 16.5. The van der Waals surface area contributed by atoms with Crippen molar-refractivity contribution in [2.75, 3.05) is 12.4 Å². The first kappa shape index (κ1) is 15.1. The van der Waals surface area contributed by atoms with Crippen LogP contribution in [-0.2, 0) is 4.74 Å². The van der Waals surface area contributed by atoms with Crippen LogP contribution in [0.2, 0.25) is 0 Å². The van der Waals surface area contributed by atoms with E-state index in [1.165, 1.54) is 7.11 Å². The fourth-order valence-electron chi connectivity index (χ4n) is 2.48. The van der Waals surface area contributed by atoms with Gasteiger partial charge in [-0.2, -0.15) is 0 Å². The molecule has 3 N–H and O–H groups in total. The number of amides is 1. The van der Waals surface area contributed by atoms with Crippen molar-refractivity contribution in [3.05, 3.63) is 64.7 Å². The molecule has 1 amide bonds. The number of nitrogens with one attached hydrogen (secondary N) is 1. The summed E-state index contributed by atoms with van der Waals surface area (Å²) in [5.74, 6) is 0. The Bertz CT molecular complexity index is 639. The molecule has 1 unspecified atom stereocenters. The maximum absolute atomic E-state index is 11.5. The van der Waals surface area contributed by atoms with Crippen LogP contribution in [0.1, 0.15) is 28.3 Å². The predicted octanol–water partition coefficient (Wildman–Crippen LogP) is 3.53. The number of carbonyl (C=O) groups is 1. The summed E-state index contributed by atoms with van der Waals surface area (Å²) >= 11 is 0. The van der Waals surface area contributed by atoms with Crippen LogP contribution in [0.3, 0.4) is 0 Å². The van der Waals surface area contributed by atoms with Crippen LogP contribution in [0.4, 0.5) is 10.5 Å². The monoisotopic (exact) mass is 284 g/mol. The molecule has 0 bridgehead atoms. The quantitative estimate of drug-likeness (QED) is 0.906. The molecule has 0 aliphatic rings. The van der Waals surface area contributed by atoms with E-state index in [1.807, 2.05) is 50.2 Å². The van der Waals surface area contributed by atoms with Gasteiger partial charge in [-0.1, -0.05) is 36.4 Å². The van der Waals surface area contributed by atoms with E-state index in [0.29, 0.717) is 5.69 Å². The number of nitrogens with two attached hydrogens (primary N) is 1. The van der Waals surface area contributed by atoms with Gasteiger partial charge in [0.15, 0.2) is 0 Å². The van der Waals surface area contributed by atoms with Gasteiger partial charge in [0.2, 0.25) is 0 Å². The number of rotatable bonds is 3. The zero-order chi connectivity index (χ0) is 15.4. The van der Waals surface area contributed by atoms with Crippen LogP contribution >= 0.6 is 0 Å². The average Bonchev–Trinajstić information content (AvgIpc) is 2.47. The van der Waals surface area contributed by atoms with Crippen molar-refractivity contribution in [2.45, 2.75) is 19.9 Å². The normalized spacial score (nSPS) is 11.8.